The molecule has 0 saturated heterocycles. The van der Waals surface area contributed by atoms with Gasteiger partial charge in [-0.05, 0) is 33.8 Å². The van der Waals surface area contributed by atoms with Gasteiger partial charge in [0.1, 0.15) is 10.5 Å². The Morgan fingerprint density at radius 1 is 1.33 bits per heavy atom. The van der Waals surface area contributed by atoms with Gasteiger partial charge in [0, 0.05) is 23.3 Å². The highest BCUT2D eigenvalue weighted by Gasteiger charge is 2.33. The minimum absolute atomic E-state index is 0.102. The molecule has 1 aliphatic rings. The lowest BCUT2D eigenvalue weighted by Gasteiger charge is -2.33. The Morgan fingerprint density at radius 3 is 2.67 bits per heavy atom. The third-order valence-electron chi connectivity index (χ3n) is 3.00. The van der Waals surface area contributed by atoms with Crippen LogP contribution in [-0.4, -0.2) is 15.4 Å². The van der Waals surface area contributed by atoms with Gasteiger partial charge >= 0.3 is 0 Å². The predicted molar refractivity (Wildman–Crippen MR) is 74.9 cm³/mol. The Morgan fingerprint density at radius 2 is 2.00 bits per heavy atom. The van der Waals surface area contributed by atoms with Crippen LogP contribution in [0.4, 0.5) is 0 Å². The van der Waals surface area contributed by atoms with Crippen molar-refractivity contribution in [2.24, 2.45) is 0 Å². The molecule has 1 aliphatic heterocycles. The first-order valence-electron chi connectivity index (χ1n) is 6.31. The summed E-state index contributed by atoms with van der Waals surface area (Å²) >= 11 is -1.06. The van der Waals surface area contributed by atoms with E-state index in [-0.39, 0.29) is 16.9 Å². The van der Waals surface area contributed by atoms with Crippen molar-refractivity contribution < 1.29 is 9.29 Å². The molecule has 0 spiro atoms. The molecule has 100 valence electrons. The van der Waals surface area contributed by atoms with Gasteiger partial charge in [0.25, 0.3) is 0 Å². The molecule has 0 radical (unpaired) electrons. The average molecular weight is 267 g/mol. The number of para-hydroxylation sites is 1. The molecule has 1 aromatic rings. The Kier molecular flexibility index (Phi) is 3.90. The maximum atomic E-state index is 12.2. The Bertz CT molecular complexity index is 417. The molecule has 2 rings (SSSR count). The molecule has 0 aromatic heterocycles. The van der Waals surface area contributed by atoms with Crippen LogP contribution in [0.2, 0.25) is 0 Å². The predicted octanol–water partition coefficient (Wildman–Crippen LogP) is 2.95. The van der Waals surface area contributed by atoms with Crippen molar-refractivity contribution in [1.82, 2.24) is 4.72 Å². The zero-order valence-corrected chi connectivity index (χ0v) is 12.2. The molecule has 0 aliphatic carbocycles. The van der Waals surface area contributed by atoms with Crippen molar-refractivity contribution in [2.75, 3.05) is 0 Å². The lowest BCUT2D eigenvalue weighted by molar-refractivity contribution is 0.173. The van der Waals surface area contributed by atoms with Crippen LogP contribution in [-0.2, 0) is 11.4 Å². The minimum Gasteiger partial charge on any atom is -0.598 e. The van der Waals surface area contributed by atoms with E-state index in [0.29, 0.717) is 0 Å². The molecule has 0 fully saturated rings. The highest BCUT2D eigenvalue weighted by molar-refractivity contribution is 7.90. The fourth-order valence-electron chi connectivity index (χ4n) is 2.02. The van der Waals surface area contributed by atoms with Gasteiger partial charge in [0.2, 0.25) is 0 Å². The van der Waals surface area contributed by atoms with Crippen molar-refractivity contribution in [3.63, 3.8) is 0 Å². The summed E-state index contributed by atoms with van der Waals surface area (Å²) in [6, 6.07) is 8.07. The number of ether oxygens (including phenoxy) is 1. The zero-order chi connectivity index (χ0) is 13.3. The second kappa shape index (κ2) is 5.11. The first-order valence-corrected chi connectivity index (χ1v) is 7.46. The van der Waals surface area contributed by atoms with E-state index < -0.39 is 11.4 Å². The summed E-state index contributed by atoms with van der Waals surface area (Å²) in [6.07, 6.45) is 0.994. The summed E-state index contributed by atoms with van der Waals surface area (Å²) in [5, 5.41) is 0. The summed E-state index contributed by atoms with van der Waals surface area (Å²) in [6.45, 7) is 7.98. The average Bonchev–Trinajstić information content (AvgIpc) is 2.27. The van der Waals surface area contributed by atoms with Gasteiger partial charge in [0.05, 0.1) is 12.1 Å². The SMILES string of the molecule is C[C@H]1C[C@@H](N[S+]([O-])C(C)(C)C)c2ccccc2O1. The number of hydrogen-bond acceptors (Lipinski definition) is 3. The number of fused-ring (bicyclic) bond motifs is 1. The van der Waals surface area contributed by atoms with E-state index in [4.69, 9.17) is 4.74 Å². The number of nitrogens with one attached hydrogen (secondary N) is 1. The molecule has 0 amide bonds. The highest BCUT2D eigenvalue weighted by Crippen LogP contribution is 2.35. The second-order valence-electron chi connectivity index (χ2n) is 5.75. The lowest BCUT2D eigenvalue weighted by Crippen LogP contribution is -2.43. The van der Waals surface area contributed by atoms with E-state index in [1.54, 1.807) is 0 Å². The molecular weight excluding hydrogens is 246 g/mol. The van der Waals surface area contributed by atoms with Crippen molar-refractivity contribution >= 4 is 11.4 Å². The van der Waals surface area contributed by atoms with Gasteiger partial charge < -0.3 is 9.29 Å². The van der Waals surface area contributed by atoms with Gasteiger partial charge in [-0.1, -0.05) is 18.2 Å². The van der Waals surface area contributed by atoms with Crippen LogP contribution in [0.1, 0.15) is 45.7 Å². The molecule has 1 unspecified atom stereocenters. The monoisotopic (exact) mass is 267 g/mol. The molecule has 0 saturated carbocycles. The summed E-state index contributed by atoms with van der Waals surface area (Å²) < 4.78 is 21.0. The van der Waals surface area contributed by atoms with Crippen LogP contribution in [0.5, 0.6) is 5.75 Å². The van der Waals surface area contributed by atoms with Crippen molar-refractivity contribution in [1.29, 1.82) is 0 Å². The second-order valence-corrected chi connectivity index (χ2v) is 7.75. The Balaban J connectivity index is 2.19. The Labute approximate surface area is 112 Å². The third kappa shape index (κ3) is 2.99. The van der Waals surface area contributed by atoms with Gasteiger partial charge in [-0.25, -0.2) is 0 Å². The lowest BCUT2D eigenvalue weighted by atomic mass is 9.98. The summed E-state index contributed by atoms with van der Waals surface area (Å²) in [5.74, 6) is 0.902. The number of rotatable bonds is 2. The van der Waals surface area contributed by atoms with Gasteiger partial charge in [-0.3, -0.25) is 0 Å². The van der Waals surface area contributed by atoms with Crippen molar-refractivity contribution in [3.8, 4) is 5.75 Å². The molecule has 0 bridgehead atoms. The van der Waals surface area contributed by atoms with E-state index >= 15 is 0 Å². The molecule has 1 aromatic carbocycles. The number of benzene rings is 1. The summed E-state index contributed by atoms with van der Waals surface area (Å²) in [7, 11) is 0. The van der Waals surface area contributed by atoms with Crippen LogP contribution < -0.4 is 9.46 Å². The minimum atomic E-state index is -1.06. The fourth-order valence-corrected chi connectivity index (χ4v) is 2.85. The topological polar surface area (TPSA) is 44.3 Å². The highest BCUT2D eigenvalue weighted by atomic mass is 32.2. The normalized spacial score (nSPS) is 25.2. The summed E-state index contributed by atoms with van der Waals surface area (Å²) in [4.78, 5) is 0. The molecule has 18 heavy (non-hydrogen) atoms. The van der Waals surface area contributed by atoms with E-state index in [1.807, 2.05) is 52.0 Å². The van der Waals surface area contributed by atoms with Crippen LogP contribution in [0, 0.1) is 0 Å². The van der Waals surface area contributed by atoms with E-state index in [1.165, 1.54) is 0 Å². The molecule has 1 heterocycles. The maximum Gasteiger partial charge on any atom is 0.136 e. The van der Waals surface area contributed by atoms with Crippen LogP contribution in [0.15, 0.2) is 24.3 Å². The van der Waals surface area contributed by atoms with Crippen LogP contribution in [0.25, 0.3) is 0 Å². The van der Waals surface area contributed by atoms with Crippen LogP contribution in [0.3, 0.4) is 0 Å². The Hall–Kier alpha value is -0.710. The van der Waals surface area contributed by atoms with E-state index in [9.17, 15) is 4.55 Å². The molecular formula is C14H21NO2S. The summed E-state index contributed by atoms with van der Waals surface area (Å²) in [5.41, 5.74) is 1.10. The maximum absolute atomic E-state index is 12.2. The van der Waals surface area contributed by atoms with Crippen molar-refractivity contribution in [2.45, 2.75) is 51.0 Å². The zero-order valence-electron chi connectivity index (χ0n) is 11.4. The fraction of sp³-hybridized carbons (Fsp3) is 0.571. The van der Waals surface area contributed by atoms with Gasteiger partial charge in [0.15, 0.2) is 0 Å². The third-order valence-corrected chi connectivity index (χ3v) is 4.61. The standard InChI is InChI=1S/C14H21NO2S/c1-10-9-12(15-18(16)14(2,3)4)11-7-5-6-8-13(11)17-10/h5-8,10,12,15H,9H2,1-4H3/t10-,12+,18?/m0/s1. The quantitative estimate of drug-likeness (QED) is 0.838. The van der Waals surface area contributed by atoms with E-state index in [0.717, 1.165) is 17.7 Å². The van der Waals surface area contributed by atoms with Crippen molar-refractivity contribution in [3.05, 3.63) is 29.8 Å². The molecule has 1 N–H and O–H groups in total. The van der Waals surface area contributed by atoms with Crippen LogP contribution >= 0.6 is 0 Å². The number of hydrogen-bond donors (Lipinski definition) is 1. The van der Waals surface area contributed by atoms with Gasteiger partial charge in [-0.15, -0.1) is 4.72 Å². The van der Waals surface area contributed by atoms with E-state index in [2.05, 4.69) is 4.72 Å². The first kappa shape index (κ1) is 13.7. The largest absolute Gasteiger partial charge is 0.598 e. The molecule has 4 heteroatoms. The molecule has 3 nitrogen and oxygen atoms in total. The molecule has 3 atom stereocenters. The van der Waals surface area contributed by atoms with Gasteiger partial charge in [-0.2, -0.15) is 0 Å². The first-order chi connectivity index (χ1) is 8.38. The smallest absolute Gasteiger partial charge is 0.136 e.